The molecule has 1 aliphatic rings. The van der Waals surface area contributed by atoms with Crippen molar-refractivity contribution in [1.29, 1.82) is 0 Å². The van der Waals surface area contributed by atoms with E-state index < -0.39 is 5.97 Å². The van der Waals surface area contributed by atoms with Gasteiger partial charge in [0.15, 0.2) is 0 Å². The molecule has 5 nitrogen and oxygen atoms in total. The van der Waals surface area contributed by atoms with E-state index >= 15 is 0 Å². The number of rotatable bonds is 5. The van der Waals surface area contributed by atoms with Gasteiger partial charge in [-0.2, -0.15) is 0 Å². The fourth-order valence-corrected chi connectivity index (χ4v) is 2.52. The fraction of sp³-hybridized carbons (Fsp3) is 0.857. The first-order valence-corrected chi connectivity index (χ1v) is 7.01. The molecule has 19 heavy (non-hydrogen) atoms. The fourth-order valence-electron chi connectivity index (χ4n) is 2.52. The van der Waals surface area contributed by atoms with Crippen LogP contribution in [0.3, 0.4) is 0 Å². The molecule has 0 aromatic rings. The summed E-state index contributed by atoms with van der Waals surface area (Å²) in [4.78, 5) is 24.6. The third kappa shape index (κ3) is 7.15. The summed E-state index contributed by atoms with van der Waals surface area (Å²) in [6.45, 7) is 8.09. The van der Waals surface area contributed by atoms with Crippen LogP contribution in [0.2, 0.25) is 0 Å². The van der Waals surface area contributed by atoms with Gasteiger partial charge in [0.2, 0.25) is 5.91 Å². The van der Waals surface area contributed by atoms with Gasteiger partial charge < -0.3 is 10.4 Å². The lowest BCUT2D eigenvalue weighted by atomic mass is 9.93. The van der Waals surface area contributed by atoms with Crippen LogP contribution in [0.5, 0.6) is 0 Å². The van der Waals surface area contributed by atoms with Gasteiger partial charge in [0.25, 0.3) is 0 Å². The molecule has 5 heteroatoms. The Balaban J connectivity index is 2.34. The second kappa shape index (κ2) is 6.89. The minimum absolute atomic E-state index is 0.0476. The Labute approximate surface area is 115 Å². The van der Waals surface area contributed by atoms with Crippen LogP contribution in [-0.4, -0.2) is 47.1 Å². The number of piperidine rings is 1. The first-order chi connectivity index (χ1) is 8.76. The van der Waals surface area contributed by atoms with Gasteiger partial charge >= 0.3 is 5.97 Å². The van der Waals surface area contributed by atoms with Crippen LogP contribution >= 0.6 is 0 Å². The largest absolute Gasteiger partial charge is 0.481 e. The van der Waals surface area contributed by atoms with E-state index in [2.05, 4.69) is 10.2 Å². The monoisotopic (exact) mass is 270 g/mol. The zero-order chi connectivity index (χ0) is 14.5. The summed E-state index contributed by atoms with van der Waals surface area (Å²) in [7, 11) is 0. The summed E-state index contributed by atoms with van der Waals surface area (Å²) in [5, 5.41) is 11.7. The molecule has 0 aliphatic carbocycles. The first-order valence-electron chi connectivity index (χ1n) is 7.01. The van der Waals surface area contributed by atoms with E-state index in [4.69, 9.17) is 5.11 Å². The van der Waals surface area contributed by atoms with Crippen molar-refractivity contribution < 1.29 is 14.7 Å². The average Bonchev–Trinajstić information content (AvgIpc) is 2.24. The Kier molecular flexibility index (Phi) is 5.79. The van der Waals surface area contributed by atoms with Crippen LogP contribution in [0.15, 0.2) is 0 Å². The standard InChI is InChI=1S/C14H26N2O3/c1-14(2,3)15-12(17)10-16-8-4-5-11(9-16)6-7-13(18)19/h11H,4-10H2,1-3H3,(H,15,17)(H,18,19). The average molecular weight is 270 g/mol. The van der Waals surface area contributed by atoms with Crippen molar-refractivity contribution in [3.05, 3.63) is 0 Å². The normalized spacial score (nSPS) is 21.1. The molecule has 0 bridgehead atoms. The summed E-state index contributed by atoms with van der Waals surface area (Å²) in [5.74, 6) is -0.277. The van der Waals surface area contributed by atoms with Crippen LogP contribution in [0.1, 0.15) is 46.5 Å². The molecule has 0 aromatic heterocycles. The van der Waals surface area contributed by atoms with Crippen molar-refractivity contribution in [2.24, 2.45) is 5.92 Å². The van der Waals surface area contributed by atoms with Gasteiger partial charge in [0, 0.05) is 18.5 Å². The second-order valence-electron chi connectivity index (χ2n) is 6.47. The number of likely N-dealkylation sites (tertiary alicyclic amines) is 1. The van der Waals surface area contributed by atoms with E-state index in [-0.39, 0.29) is 17.9 Å². The topological polar surface area (TPSA) is 69.6 Å². The maximum Gasteiger partial charge on any atom is 0.303 e. The number of aliphatic carboxylic acids is 1. The zero-order valence-electron chi connectivity index (χ0n) is 12.2. The lowest BCUT2D eigenvalue weighted by Gasteiger charge is -2.33. The highest BCUT2D eigenvalue weighted by molar-refractivity contribution is 5.78. The van der Waals surface area contributed by atoms with E-state index in [0.717, 1.165) is 25.9 Å². The van der Waals surface area contributed by atoms with Gasteiger partial charge in [-0.15, -0.1) is 0 Å². The van der Waals surface area contributed by atoms with Crippen LogP contribution in [0.25, 0.3) is 0 Å². The van der Waals surface area contributed by atoms with Gasteiger partial charge in [-0.3, -0.25) is 14.5 Å². The molecule has 1 atom stereocenters. The summed E-state index contributed by atoms with van der Waals surface area (Å²) in [6.07, 6.45) is 3.07. The lowest BCUT2D eigenvalue weighted by Crippen LogP contribution is -2.48. The minimum Gasteiger partial charge on any atom is -0.481 e. The van der Waals surface area contributed by atoms with E-state index in [1.807, 2.05) is 20.8 Å². The van der Waals surface area contributed by atoms with E-state index in [1.54, 1.807) is 0 Å². The van der Waals surface area contributed by atoms with Crippen molar-refractivity contribution in [2.75, 3.05) is 19.6 Å². The zero-order valence-corrected chi connectivity index (χ0v) is 12.2. The number of amides is 1. The molecule has 0 saturated carbocycles. The van der Waals surface area contributed by atoms with Gasteiger partial charge in [0.1, 0.15) is 0 Å². The minimum atomic E-state index is -0.734. The van der Waals surface area contributed by atoms with E-state index in [9.17, 15) is 9.59 Å². The molecule has 1 amide bonds. The predicted octanol–water partition coefficient (Wildman–Crippen LogP) is 1.48. The molecule has 1 heterocycles. The molecule has 1 unspecified atom stereocenters. The molecule has 1 aliphatic heterocycles. The maximum atomic E-state index is 11.9. The van der Waals surface area contributed by atoms with Crippen molar-refractivity contribution in [3.63, 3.8) is 0 Å². The second-order valence-corrected chi connectivity index (χ2v) is 6.47. The molecular weight excluding hydrogens is 244 g/mol. The van der Waals surface area contributed by atoms with Crippen molar-refractivity contribution in [3.8, 4) is 0 Å². The van der Waals surface area contributed by atoms with E-state index in [1.165, 1.54) is 0 Å². The number of nitrogens with zero attached hydrogens (tertiary/aromatic N) is 1. The van der Waals surface area contributed by atoms with E-state index in [0.29, 0.717) is 18.9 Å². The van der Waals surface area contributed by atoms with Gasteiger partial charge in [-0.05, 0) is 52.5 Å². The van der Waals surface area contributed by atoms with Crippen molar-refractivity contribution in [2.45, 2.75) is 52.0 Å². The predicted molar refractivity (Wildman–Crippen MR) is 73.9 cm³/mol. The van der Waals surface area contributed by atoms with Crippen LogP contribution in [0.4, 0.5) is 0 Å². The van der Waals surface area contributed by atoms with Crippen LogP contribution < -0.4 is 5.32 Å². The third-order valence-electron chi connectivity index (χ3n) is 3.25. The van der Waals surface area contributed by atoms with Gasteiger partial charge in [0.05, 0.1) is 6.54 Å². The molecule has 2 N–H and O–H groups in total. The molecule has 0 spiro atoms. The molecule has 1 saturated heterocycles. The maximum absolute atomic E-state index is 11.9. The number of hydrogen-bond acceptors (Lipinski definition) is 3. The number of carbonyl (C=O) groups is 2. The van der Waals surface area contributed by atoms with Gasteiger partial charge in [-0.1, -0.05) is 0 Å². The number of carboxylic acids is 1. The Morgan fingerprint density at radius 2 is 2.05 bits per heavy atom. The number of hydrogen-bond donors (Lipinski definition) is 2. The highest BCUT2D eigenvalue weighted by Gasteiger charge is 2.23. The van der Waals surface area contributed by atoms with Crippen LogP contribution in [0, 0.1) is 5.92 Å². The van der Waals surface area contributed by atoms with Gasteiger partial charge in [-0.25, -0.2) is 0 Å². The molecule has 1 fully saturated rings. The van der Waals surface area contributed by atoms with Crippen LogP contribution in [-0.2, 0) is 9.59 Å². The SMILES string of the molecule is CC(C)(C)NC(=O)CN1CCCC(CCC(=O)O)C1. The summed E-state index contributed by atoms with van der Waals surface area (Å²) >= 11 is 0. The summed E-state index contributed by atoms with van der Waals surface area (Å²) in [6, 6.07) is 0. The Morgan fingerprint density at radius 3 is 2.63 bits per heavy atom. The Bertz CT molecular complexity index is 323. The quantitative estimate of drug-likeness (QED) is 0.794. The molecule has 110 valence electrons. The number of nitrogens with one attached hydrogen (secondary N) is 1. The smallest absolute Gasteiger partial charge is 0.303 e. The molecular formula is C14H26N2O3. The third-order valence-corrected chi connectivity index (χ3v) is 3.25. The lowest BCUT2D eigenvalue weighted by molar-refractivity contribution is -0.137. The number of carbonyl (C=O) groups excluding carboxylic acids is 1. The summed E-state index contributed by atoms with van der Waals surface area (Å²) in [5.41, 5.74) is -0.199. The van der Waals surface area contributed by atoms with Crippen molar-refractivity contribution >= 4 is 11.9 Å². The number of carboxylic acid groups (broad SMARTS) is 1. The van der Waals surface area contributed by atoms with Crippen molar-refractivity contribution in [1.82, 2.24) is 10.2 Å². The Morgan fingerprint density at radius 1 is 1.37 bits per heavy atom. The first kappa shape index (κ1) is 16.0. The highest BCUT2D eigenvalue weighted by atomic mass is 16.4. The highest BCUT2D eigenvalue weighted by Crippen LogP contribution is 2.20. The Hall–Kier alpha value is -1.10. The molecule has 0 aromatic carbocycles. The summed E-state index contributed by atoms with van der Waals surface area (Å²) < 4.78 is 0. The molecule has 0 radical (unpaired) electrons. The molecule has 1 rings (SSSR count).